The van der Waals surface area contributed by atoms with Gasteiger partial charge in [-0.1, -0.05) is 24.3 Å². The summed E-state index contributed by atoms with van der Waals surface area (Å²) < 4.78 is 1.71. The zero-order valence-electron chi connectivity index (χ0n) is 14.9. The van der Waals surface area contributed by atoms with Gasteiger partial charge >= 0.3 is 5.97 Å². The number of amides is 1. The van der Waals surface area contributed by atoms with Gasteiger partial charge in [-0.25, -0.2) is 9.31 Å². The van der Waals surface area contributed by atoms with Crippen molar-refractivity contribution in [2.45, 2.75) is 19.3 Å². The monoisotopic (exact) mass is 363 g/mol. The minimum absolute atomic E-state index is 0.0144. The fraction of sp³-hybridized carbons (Fsp3) is 0.286. The molecule has 0 saturated carbocycles. The van der Waals surface area contributed by atoms with Crippen LogP contribution in [0.5, 0.6) is 0 Å². The van der Waals surface area contributed by atoms with E-state index < -0.39 is 5.97 Å². The molecule has 0 bridgehead atoms. The van der Waals surface area contributed by atoms with Crippen molar-refractivity contribution in [3.8, 4) is 0 Å². The molecule has 27 heavy (non-hydrogen) atoms. The molecular formula is C21H21N3O3. The van der Waals surface area contributed by atoms with Crippen molar-refractivity contribution in [1.29, 1.82) is 0 Å². The predicted molar refractivity (Wildman–Crippen MR) is 101 cm³/mol. The summed E-state index contributed by atoms with van der Waals surface area (Å²) in [6.07, 6.45) is 5.95. The second-order valence-corrected chi connectivity index (χ2v) is 6.99. The number of nitrogens with zero attached hydrogens (tertiary/aromatic N) is 3. The van der Waals surface area contributed by atoms with Gasteiger partial charge in [0.2, 0.25) is 0 Å². The van der Waals surface area contributed by atoms with Crippen LogP contribution in [0.4, 0.5) is 0 Å². The van der Waals surface area contributed by atoms with Crippen LogP contribution in [0, 0.1) is 5.92 Å². The van der Waals surface area contributed by atoms with Crippen LogP contribution in [0.2, 0.25) is 0 Å². The Bertz CT molecular complexity index is 987. The highest BCUT2D eigenvalue weighted by Crippen LogP contribution is 2.25. The average Bonchev–Trinajstić information content (AvgIpc) is 3.12. The van der Waals surface area contributed by atoms with E-state index in [1.54, 1.807) is 22.8 Å². The van der Waals surface area contributed by atoms with E-state index in [-0.39, 0.29) is 5.91 Å². The van der Waals surface area contributed by atoms with Gasteiger partial charge in [-0.2, -0.15) is 5.10 Å². The number of carboxylic acid groups (broad SMARTS) is 1. The number of fused-ring (bicyclic) bond motifs is 1. The molecule has 4 rings (SSSR count). The summed E-state index contributed by atoms with van der Waals surface area (Å²) in [7, 11) is 0. The van der Waals surface area contributed by atoms with Crippen LogP contribution in [-0.2, 0) is 6.42 Å². The smallest absolute Gasteiger partial charge is 0.335 e. The SMILES string of the molecule is O=C(O)c1ccccc1CC1CCN(C(=O)c2cnn3ccccc23)CC1. The van der Waals surface area contributed by atoms with Gasteiger partial charge in [0, 0.05) is 19.3 Å². The number of hydrogen-bond acceptors (Lipinski definition) is 3. The molecule has 1 fully saturated rings. The second kappa shape index (κ2) is 7.23. The van der Waals surface area contributed by atoms with Crippen molar-refractivity contribution in [3.63, 3.8) is 0 Å². The Morgan fingerprint density at radius 1 is 1.04 bits per heavy atom. The standard InChI is InChI=1S/C21H21N3O3/c25-20(18-14-22-24-10-4-3-7-19(18)24)23-11-8-15(9-12-23)13-16-5-1-2-6-17(16)21(26)27/h1-7,10,14-15H,8-9,11-13H2,(H,26,27). The highest BCUT2D eigenvalue weighted by Gasteiger charge is 2.26. The first-order valence-electron chi connectivity index (χ1n) is 9.16. The highest BCUT2D eigenvalue weighted by molar-refractivity contribution is 6.00. The predicted octanol–water partition coefficient (Wildman–Crippen LogP) is 3.13. The van der Waals surface area contributed by atoms with Gasteiger partial charge in [0.1, 0.15) is 0 Å². The topological polar surface area (TPSA) is 74.9 Å². The lowest BCUT2D eigenvalue weighted by Gasteiger charge is -2.32. The van der Waals surface area contributed by atoms with Crippen LogP contribution in [0.15, 0.2) is 54.9 Å². The van der Waals surface area contributed by atoms with E-state index in [9.17, 15) is 14.7 Å². The van der Waals surface area contributed by atoms with Crippen molar-refractivity contribution in [2.24, 2.45) is 5.92 Å². The average molecular weight is 363 g/mol. The lowest BCUT2D eigenvalue weighted by molar-refractivity contribution is 0.0692. The maximum atomic E-state index is 12.9. The molecule has 1 amide bonds. The fourth-order valence-electron chi connectivity index (χ4n) is 3.83. The molecule has 6 heteroatoms. The van der Waals surface area contributed by atoms with Gasteiger partial charge < -0.3 is 10.0 Å². The number of likely N-dealkylation sites (tertiary alicyclic amines) is 1. The number of carbonyl (C=O) groups is 2. The Labute approximate surface area is 157 Å². The zero-order valence-corrected chi connectivity index (χ0v) is 14.9. The Morgan fingerprint density at radius 3 is 2.56 bits per heavy atom. The summed E-state index contributed by atoms with van der Waals surface area (Å²) in [5.74, 6) is -0.481. The molecule has 0 spiro atoms. The van der Waals surface area contributed by atoms with E-state index in [2.05, 4.69) is 5.10 Å². The molecule has 1 saturated heterocycles. The minimum Gasteiger partial charge on any atom is -0.478 e. The first-order chi connectivity index (χ1) is 13.1. The molecule has 0 aliphatic carbocycles. The maximum absolute atomic E-state index is 12.9. The number of pyridine rings is 1. The van der Waals surface area contributed by atoms with Crippen molar-refractivity contribution >= 4 is 17.4 Å². The van der Waals surface area contributed by atoms with Crippen molar-refractivity contribution < 1.29 is 14.7 Å². The molecule has 1 aliphatic heterocycles. The largest absolute Gasteiger partial charge is 0.478 e. The van der Waals surface area contributed by atoms with Gasteiger partial charge in [-0.3, -0.25) is 4.79 Å². The molecule has 0 radical (unpaired) electrons. The Kier molecular flexibility index (Phi) is 4.62. The third-order valence-electron chi connectivity index (χ3n) is 5.31. The van der Waals surface area contributed by atoms with E-state index in [0.717, 1.165) is 30.3 Å². The molecular weight excluding hydrogens is 342 g/mol. The van der Waals surface area contributed by atoms with Crippen molar-refractivity contribution in [2.75, 3.05) is 13.1 Å². The quantitative estimate of drug-likeness (QED) is 0.773. The third kappa shape index (κ3) is 3.43. The summed E-state index contributed by atoms with van der Waals surface area (Å²) in [5, 5.41) is 13.6. The van der Waals surface area contributed by atoms with Crippen LogP contribution in [0.3, 0.4) is 0 Å². The van der Waals surface area contributed by atoms with Crippen LogP contribution < -0.4 is 0 Å². The van der Waals surface area contributed by atoms with Gasteiger partial charge in [-0.15, -0.1) is 0 Å². The molecule has 2 aromatic heterocycles. The zero-order chi connectivity index (χ0) is 18.8. The number of rotatable bonds is 4. The maximum Gasteiger partial charge on any atom is 0.335 e. The number of carboxylic acids is 1. The van der Waals surface area contributed by atoms with Gasteiger partial charge in [0.15, 0.2) is 0 Å². The molecule has 0 atom stereocenters. The number of piperidine rings is 1. The molecule has 1 N–H and O–H groups in total. The Balaban J connectivity index is 1.42. The van der Waals surface area contributed by atoms with Crippen LogP contribution in [0.25, 0.3) is 5.52 Å². The number of carbonyl (C=O) groups excluding carboxylic acids is 1. The van der Waals surface area contributed by atoms with Crippen molar-refractivity contribution in [1.82, 2.24) is 14.5 Å². The van der Waals surface area contributed by atoms with Gasteiger partial charge in [0.25, 0.3) is 5.91 Å². The number of benzene rings is 1. The van der Waals surface area contributed by atoms with E-state index >= 15 is 0 Å². The minimum atomic E-state index is -0.883. The number of aromatic carboxylic acids is 1. The highest BCUT2D eigenvalue weighted by atomic mass is 16.4. The van der Waals surface area contributed by atoms with Crippen LogP contribution in [-0.4, -0.2) is 44.6 Å². The molecule has 1 aromatic carbocycles. The normalized spacial score (nSPS) is 15.2. The summed E-state index contributed by atoms with van der Waals surface area (Å²) in [5.41, 5.74) is 2.70. The first kappa shape index (κ1) is 17.3. The number of aromatic nitrogens is 2. The Hall–Kier alpha value is -3.15. The molecule has 6 nitrogen and oxygen atoms in total. The summed E-state index contributed by atoms with van der Waals surface area (Å²) in [6, 6.07) is 12.9. The molecule has 138 valence electrons. The molecule has 3 aromatic rings. The van der Waals surface area contributed by atoms with Gasteiger partial charge in [-0.05, 0) is 48.9 Å². The van der Waals surface area contributed by atoms with E-state index in [0.29, 0.717) is 30.1 Å². The van der Waals surface area contributed by atoms with E-state index in [1.165, 1.54) is 0 Å². The molecule has 3 heterocycles. The fourth-order valence-corrected chi connectivity index (χ4v) is 3.83. The summed E-state index contributed by atoms with van der Waals surface area (Å²) >= 11 is 0. The molecule has 0 unspecified atom stereocenters. The van der Waals surface area contributed by atoms with Gasteiger partial charge in [0.05, 0.1) is 22.8 Å². The van der Waals surface area contributed by atoms with E-state index in [1.807, 2.05) is 41.4 Å². The van der Waals surface area contributed by atoms with Crippen LogP contribution in [0.1, 0.15) is 39.1 Å². The number of hydrogen-bond donors (Lipinski definition) is 1. The lowest BCUT2D eigenvalue weighted by Crippen LogP contribution is -2.39. The van der Waals surface area contributed by atoms with Crippen LogP contribution >= 0.6 is 0 Å². The summed E-state index contributed by atoms with van der Waals surface area (Å²) in [4.78, 5) is 26.1. The Morgan fingerprint density at radius 2 is 1.78 bits per heavy atom. The van der Waals surface area contributed by atoms with E-state index in [4.69, 9.17) is 0 Å². The lowest BCUT2D eigenvalue weighted by atomic mass is 9.88. The third-order valence-corrected chi connectivity index (χ3v) is 5.31. The second-order valence-electron chi connectivity index (χ2n) is 6.99. The first-order valence-corrected chi connectivity index (χ1v) is 9.16. The van der Waals surface area contributed by atoms with Crippen molar-refractivity contribution in [3.05, 3.63) is 71.5 Å². The molecule has 1 aliphatic rings. The summed E-state index contributed by atoms with van der Waals surface area (Å²) in [6.45, 7) is 1.37.